The van der Waals surface area contributed by atoms with E-state index >= 15 is 0 Å². The van der Waals surface area contributed by atoms with Crippen molar-refractivity contribution in [2.24, 2.45) is 5.92 Å². The van der Waals surface area contributed by atoms with Gasteiger partial charge in [-0.15, -0.1) is 0 Å². The second-order valence-corrected chi connectivity index (χ2v) is 5.19. The summed E-state index contributed by atoms with van der Waals surface area (Å²) in [6.45, 7) is 2.63. The Kier molecular flexibility index (Phi) is 5.76. The minimum atomic E-state index is -0.555. The Morgan fingerprint density at radius 3 is 2.81 bits per heavy atom. The van der Waals surface area contributed by atoms with Crippen LogP contribution in [0.2, 0.25) is 5.02 Å². The number of rotatable bonds is 5. The fourth-order valence-electron chi connectivity index (χ4n) is 1.51. The molecule has 0 bridgehead atoms. The molecule has 0 saturated carbocycles. The molecule has 0 radical (unpaired) electrons. The van der Waals surface area contributed by atoms with E-state index in [2.05, 4.69) is 15.9 Å². The standard InChI is InChI=1S/C12H16BrClO2/c1-8(5-6-16-2)12(15)10-7-9(13)3-4-11(10)14/h3-4,7-8,12,15H,5-6H2,1-2H3. The summed E-state index contributed by atoms with van der Waals surface area (Å²) >= 11 is 9.43. The number of methoxy groups -OCH3 is 1. The molecule has 1 aromatic carbocycles. The van der Waals surface area contributed by atoms with Gasteiger partial charge in [0.1, 0.15) is 0 Å². The van der Waals surface area contributed by atoms with Crippen molar-refractivity contribution in [3.05, 3.63) is 33.3 Å². The molecule has 2 unspecified atom stereocenters. The summed E-state index contributed by atoms with van der Waals surface area (Å²) in [6, 6.07) is 5.50. The van der Waals surface area contributed by atoms with E-state index in [9.17, 15) is 5.11 Å². The molecule has 2 nitrogen and oxygen atoms in total. The normalized spacial score (nSPS) is 14.8. The first kappa shape index (κ1) is 14.0. The highest BCUT2D eigenvalue weighted by molar-refractivity contribution is 9.10. The second kappa shape index (κ2) is 6.60. The van der Waals surface area contributed by atoms with Crippen molar-refractivity contribution in [1.29, 1.82) is 0 Å². The van der Waals surface area contributed by atoms with Crippen LogP contribution in [0.1, 0.15) is 25.0 Å². The zero-order chi connectivity index (χ0) is 12.1. The summed E-state index contributed by atoms with van der Waals surface area (Å²) in [6.07, 6.45) is 0.251. The molecule has 0 fully saturated rings. The monoisotopic (exact) mass is 306 g/mol. The molecule has 2 atom stereocenters. The molecular weight excluding hydrogens is 291 g/mol. The van der Waals surface area contributed by atoms with E-state index < -0.39 is 6.10 Å². The Balaban J connectivity index is 2.78. The number of hydrogen-bond acceptors (Lipinski definition) is 2. The quantitative estimate of drug-likeness (QED) is 0.896. The van der Waals surface area contributed by atoms with Crippen molar-refractivity contribution in [2.75, 3.05) is 13.7 Å². The maximum absolute atomic E-state index is 10.2. The third-order valence-corrected chi connectivity index (χ3v) is 3.43. The van der Waals surface area contributed by atoms with Crippen LogP contribution in [0, 0.1) is 5.92 Å². The van der Waals surface area contributed by atoms with Gasteiger partial charge in [-0.3, -0.25) is 0 Å². The molecule has 0 aromatic heterocycles. The highest BCUT2D eigenvalue weighted by atomic mass is 79.9. The zero-order valence-electron chi connectivity index (χ0n) is 9.41. The largest absolute Gasteiger partial charge is 0.388 e. The van der Waals surface area contributed by atoms with Gasteiger partial charge in [0.25, 0.3) is 0 Å². The summed E-state index contributed by atoms with van der Waals surface area (Å²) < 4.78 is 5.92. The first-order chi connectivity index (χ1) is 7.56. The fraction of sp³-hybridized carbons (Fsp3) is 0.500. The minimum Gasteiger partial charge on any atom is -0.388 e. The Morgan fingerprint density at radius 2 is 2.19 bits per heavy atom. The van der Waals surface area contributed by atoms with Gasteiger partial charge < -0.3 is 9.84 Å². The zero-order valence-corrected chi connectivity index (χ0v) is 11.8. The van der Waals surface area contributed by atoms with Crippen LogP contribution in [0.3, 0.4) is 0 Å². The van der Waals surface area contributed by atoms with Gasteiger partial charge in [0.15, 0.2) is 0 Å². The van der Waals surface area contributed by atoms with E-state index in [0.29, 0.717) is 11.6 Å². The number of aliphatic hydroxyl groups is 1. The van der Waals surface area contributed by atoms with Crippen molar-refractivity contribution >= 4 is 27.5 Å². The summed E-state index contributed by atoms with van der Waals surface area (Å²) in [4.78, 5) is 0. The molecule has 0 aliphatic carbocycles. The van der Waals surface area contributed by atoms with Crippen molar-refractivity contribution in [2.45, 2.75) is 19.4 Å². The molecule has 0 aliphatic rings. The SMILES string of the molecule is COCCC(C)C(O)c1cc(Br)ccc1Cl. The van der Waals surface area contributed by atoms with Crippen molar-refractivity contribution in [1.82, 2.24) is 0 Å². The van der Waals surface area contributed by atoms with Crippen LogP contribution >= 0.6 is 27.5 Å². The molecule has 90 valence electrons. The Hall–Kier alpha value is -0.0900. The Labute approximate surface area is 110 Å². The lowest BCUT2D eigenvalue weighted by atomic mass is 9.95. The smallest absolute Gasteiger partial charge is 0.0831 e. The van der Waals surface area contributed by atoms with Gasteiger partial charge in [-0.05, 0) is 30.5 Å². The van der Waals surface area contributed by atoms with E-state index in [1.807, 2.05) is 19.1 Å². The molecule has 0 amide bonds. The van der Waals surface area contributed by atoms with Gasteiger partial charge in [-0.25, -0.2) is 0 Å². The number of ether oxygens (including phenoxy) is 1. The van der Waals surface area contributed by atoms with E-state index in [-0.39, 0.29) is 5.92 Å². The van der Waals surface area contributed by atoms with Crippen molar-refractivity contribution in [3.63, 3.8) is 0 Å². The van der Waals surface area contributed by atoms with Gasteiger partial charge in [-0.1, -0.05) is 34.5 Å². The fourth-order valence-corrected chi connectivity index (χ4v) is 2.12. The summed E-state index contributed by atoms with van der Waals surface area (Å²) in [5.74, 6) is 0.117. The van der Waals surface area contributed by atoms with Gasteiger partial charge in [0, 0.05) is 28.8 Å². The van der Waals surface area contributed by atoms with Gasteiger partial charge in [0.05, 0.1) is 6.10 Å². The van der Waals surface area contributed by atoms with Crippen LogP contribution in [0.4, 0.5) is 0 Å². The second-order valence-electron chi connectivity index (χ2n) is 3.87. The van der Waals surface area contributed by atoms with E-state index in [1.165, 1.54) is 0 Å². The molecule has 16 heavy (non-hydrogen) atoms. The van der Waals surface area contributed by atoms with E-state index in [4.69, 9.17) is 16.3 Å². The highest BCUT2D eigenvalue weighted by Crippen LogP contribution is 2.31. The molecule has 0 spiro atoms. The average Bonchev–Trinajstić information content (AvgIpc) is 2.28. The van der Waals surface area contributed by atoms with Crippen LogP contribution in [0.5, 0.6) is 0 Å². The third kappa shape index (κ3) is 3.74. The van der Waals surface area contributed by atoms with Crippen LogP contribution in [0.25, 0.3) is 0 Å². The predicted octanol–water partition coefficient (Wildman–Crippen LogP) is 3.81. The lowest BCUT2D eigenvalue weighted by Crippen LogP contribution is -2.12. The molecule has 0 saturated heterocycles. The number of aliphatic hydroxyl groups excluding tert-OH is 1. The Morgan fingerprint density at radius 1 is 1.50 bits per heavy atom. The molecule has 1 aromatic rings. The predicted molar refractivity (Wildman–Crippen MR) is 69.8 cm³/mol. The van der Waals surface area contributed by atoms with Crippen LogP contribution < -0.4 is 0 Å². The molecule has 4 heteroatoms. The highest BCUT2D eigenvalue weighted by Gasteiger charge is 2.18. The maximum Gasteiger partial charge on any atom is 0.0831 e. The van der Waals surface area contributed by atoms with Crippen molar-refractivity contribution in [3.8, 4) is 0 Å². The average molecular weight is 308 g/mol. The van der Waals surface area contributed by atoms with Gasteiger partial charge in [-0.2, -0.15) is 0 Å². The lowest BCUT2D eigenvalue weighted by molar-refractivity contribution is 0.0886. The lowest BCUT2D eigenvalue weighted by Gasteiger charge is -2.20. The van der Waals surface area contributed by atoms with Crippen LogP contribution in [0.15, 0.2) is 22.7 Å². The molecule has 0 heterocycles. The number of benzene rings is 1. The van der Waals surface area contributed by atoms with Crippen molar-refractivity contribution < 1.29 is 9.84 Å². The summed E-state index contributed by atoms with van der Waals surface area (Å²) in [5, 5.41) is 10.8. The summed E-state index contributed by atoms with van der Waals surface area (Å²) in [5.41, 5.74) is 0.764. The van der Waals surface area contributed by atoms with E-state index in [0.717, 1.165) is 16.5 Å². The summed E-state index contributed by atoms with van der Waals surface area (Å²) in [7, 11) is 1.66. The first-order valence-corrected chi connectivity index (χ1v) is 6.35. The Bertz CT molecular complexity index is 344. The molecule has 1 N–H and O–H groups in total. The number of hydrogen-bond donors (Lipinski definition) is 1. The number of halogens is 2. The van der Waals surface area contributed by atoms with Gasteiger partial charge in [0.2, 0.25) is 0 Å². The third-order valence-electron chi connectivity index (χ3n) is 2.59. The van der Waals surface area contributed by atoms with Crippen LogP contribution in [-0.2, 0) is 4.74 Å². The molecule has 0 aliphatic heterocycles. The minimum absolute atomic E-state index is 0.117. The topological polar surface area (TPSA) is 29.5 Å². The van der Waals surface area contributed by atoms with Gasteiger partial charge >= 0.3 is 0 Å². The van der Waals surface area contributed by atoms with Crippen LogP contribution in [-0.4, -0.2) is 18.8 Å². The molecule has 1 rings (SSSR count). The maximum atomic E-state index is 10.2. The molecular formula is C12H16BrClO2. The first-order valence-electron chi connectivity index (χ1n) is 5.18. The van der Waals surface area contributed by atoms with E-state index in [1.54, 1.807) is 13.2 Å².